The van der Waals surface area contributed by atoms with Gasteiger partial charge in [-0.2, -0.15) is 13.2 Å². The van der Waals surface area contributed by atoms with E-state index in [4.69, 9.17) is 16.3 Å². The van der Waals surface area contributed by atoms with Crippen molar-refractivity contribution in [2.75, 3.05) is 13.1 Å². The maximum absolute atomic E-state index is 12.7. The van der Waals surface area contributed by atoms with Gasteiger partial charge in [0.25, 0.3) is 0 Å². The first-order valence-corrected chi connectivity index (χ1v) is 7.07. The van der Waals surface area contributed by atoms with Gasteiger partial charge in [-0.25, -0.2) is 0 Å². The fourth-order valence-electron chi connectivity index (χ4n) is 2.26. The second-order valence-electron chi connectivity index (χ2n) is 5.01. The van der Waals surface area contributed by atoms with Crippen LogP contribution in [0.2, 0.25) is 5.02 Å². The Kier molecular flexibility index (Phi) is 5.13. The smallest absolute Gasteiger partial charge is 0.372 e. The molecule has 7 heteroatoms. The normalized spacial score (nSPS) is 18.5. The zero-order chi connectivity index (χ0) is 16.3. The van der Waals surface area contributed by atoms with Crippen LogP contribution in [0.25, 0.3) is 0 Å². The van der Waals surface area contributed by atoms with Crippen LogP contribution >= 0.6 is 11.6 Å². The van der Waals surface area contributed by atoms with E-state index in [1.165, 1.54) is 12.1 Å². The Morgan fingerprint density at radius 1 is 1.50 bits per heavy atom. The van der Waals surface area contributed by atoms with Gasteiger partial charge in [0.15, 0.2) is 0 Å². The summed E-state index contributed by atoms with van der Waals surface area (Å²) in [5, 5.41) is 0.227. The number of alkyl halides is 3. The number of nitrogens with zero attached hydrogens (tertiary/aromatic N) is 1. The molecule has 0 aliphatic carbocycles. The van der Waals surface area contributed by atoms with Crippen LogP contribution in [0.3, 0.4) is 0 Å². The number of hydrogen-bond acceptors (Lipinski definition) is 2. The van der Waals surface area contributed by atoms with E-state index in [9.17, 15) is 18.0 Å². The third-order valence-corrected chi connectivity index (χ3v) is 3.85. The predicted octanol–water partition coefficient (Wildman–Crippen LogP) is 3.66. The summed E-state index contributed by atoms with van der Waals surface area (Å²) in [6.45, 7) is 4.34. The molecule has 120 valence electrons. The number of benzene rings is 1. The van der Waals surface area contributed by atoms with E-state index < -0.39 is 11.7 Å². The average Bonchev–Trinajstić information content (AvgIpc) is 2.93. The van der Waals surface area contributed by atoms with Gasteiger partial charge < -0.3 is 9.64 Å². The molecule has 1 aromatic carbocycles. The molecule has 1 saturated heterocycles. The van der Waals surface area contributed by atoms with Gasteiger partial charge in [0.05, 0.1) is 18.3 Å². The molecule has 1 fully saturated rings. The first-order valence-electron chi connectivity index (χ1n) is 6.70. The number of amides is 1. The highest BCUT2D eigenvalue weighted by Crippen LogP contribution is 2.32. The lowest BCUT2D eigenvalue weighted by Crippen LogP contribution is -2.28. The molecule has 0 radical (unpaired) electrons. The molecule has 1 amide bonds. The number of likely N-dealkylation sites (tertiary alicyclic amines) is 1. The lowest BCUT2D eigenvalue weighted by atomic mass is 10.1. The standard InChI is InChI=1S/C15H15ClF3NO2/c1-2-14(21)20-6-5-12(8-20)22-9-10-7-11(15(17,18)19)3-4-13(10)16/h2-4,7,12H,1,5-6,8-9H2. The molecule has 0 N–H and O–H groups in total. The molecular formula is C15H15ClF3NO2. The maximum atomic E-state index is 12.7. The van der Waals surface area contributed by atoms with E-state index in [2.05, 4.69) is 6.58 Å². The zero-order valence-electron chi connectivity index (χ0n) is 11.7. The van der Waals surface area contributed by atoms with Crippen LogP contribution < -0.4 is 0 Å². The molecule has 22 heavy (non-hydrogen) atoms. The highest BCUT2D eigenvalue weighted by molar-refractivity contribution is 6.31. The molecule has 0 saturated carbocycles. The van der Waals surface area contributed by atoms with Crippen molar-refractivity contribution in [3.8, 4) is 0 Å². The van der Waals surface area contributed by atoms with Crippen molar-refractivity contribution in [3.05, 3.63) is 47.0 Å². The van der Waals surface area contributed by atoms with Crippen molar-refractivity contribution in [1.29, 1.82) is 0 Å². The van der Waals surface area contributed by atoms with Gasteiger partial charge in [0.1, 0.15) is 0 Å². The maximum Gasteiger partial charge on any atom is 0.416 e. The largest absolute Gasteiger partial charge is 0.416 e. The van der Waals surface area contributed by atoms with Crippen LogP contribution in [0, 0.1) is 0 Å². The third-order valence-electron chi connectivity index (χ3n) is 3.48. The van der Waals surface area contributed by atoms with Gasteiger partial charge in [0.2, 0.25) is 5.91 Å². The summed E-state index contributed by atoms with van der Waals surface area (Å²) < 4.78 is 43.6. The highest BCUT2D eigenvalue weighted by atomic mass is 35.5. The van der Waals surface area contributed by atoms with E-state index in [1.807, 2.05) is 0 Å². The Morgan fingerprint density at radius 3 is 2.86 bits per heavy atom. The number of rotatable bonds is 4. The second kappa shape index (κ2) is 6.71. The Morgan fingerprint density at radius 2 is 2.23 bits per heavy atom. The molecule has 2 rings (SSSR count). The van der Waals surface area contributed by atoms with Crippen LogP contribution in [-0.4, -0.2) is 30.0 Å². The van der Waals surface area contributed by atoms with Gasteiger partial charge in [-0.3, -0.25) is 4.79 Å². The van der Waals surface area contributed by atoms with Crippen LogP contribution in [0.5, 0.6) is 0 Å². The molecule has 1 aliphatic rings. The summed E-state index contributed by atoms with van der Waals surface area (Å²) in [5.41, 5.74) is -0.477. The summed E-state index contributed by atoms with van der Waals surface area (Å²) >= 11 is 5.91. The Bertz CT molecular complexity index is 574. The Balaban J connectivity index is 1.98. The number of ether oxygens (including phenoxy) is 1. The molecule has 1 atom stereocenters. The van der Waals surface area contributed by atoms with Crippen molar-refractivity contribution in [1.82, 2.24) is 4.90 Å². The summed E-state index contributed by atoms with van der Waals surface area (Å²) in [6, 6.07) is 3.14. The van der Waals surface area contributed by atoms with Gasteiger partial charge in [-0.15, -0.1) is 0 Å². The van der Waals surface area contributed by atoms with Gasteiger partial charge in [-0.05, 0) is 36.3 Å². The summed E-state index contributed by atoms with van der Waals surface area (Å²) in [7, 11) is 0. The quantitative estimate of drug-likeness (QED) is 0.787. The first kappa shape index (κ1) is 16.8. The van der Waals surface area contributed by atoms with Crippen molar-refractivity contribution < 1.29 is 22.7 Å². The van der Waals surface area contributed by atoms with Crippen molar-refractivity contribution in [2.24, 2.45) is 0 Å². The van der Waals surface area contributed by atoms with E-state index >= 15 is 0 Å². The zero-order valence-corrected chi connectivity index (χ0v) is 12.5. The van der Waals surface area contributed by atoms with Gasteiger partial charge in [-0.1, -0.05) is 18.2 Å². The Hall–Kier alpha value is -1.53. The molecule has 3 nitrogen and oxygen atoms in total. The highest BCUT2D eigenvalue weighted by Gasteiger charge is 2.31. The lowest BCUT2D eigenvalue weighted by molar-refractivity contribution is -0.137. The molecule has 1 unspecified atom stereocenters. The van der Waals surface area contributed by atoms with Gasteiger partial charge >= 0.3 is 6.18 Å². The predicted molar refractivity (Wildman–Crippen MR) is 76.4 cm³/mol. The summed E-state index contributed by atoms with van der Waals surface area (Å²) in [5.74, 6) is -0.178. The first-order chi connectivity index (χ1) is 10.3. The number of halogens is 4. The molecule has 0 spiro atoms. The average molecular weight is 334 g/mol. The number of hydrogen-bond donors (Lipinski definition) is 0. The Labute approximate surface area is 131 Å². The van der Waals surface area contributed by atoms with Crippen LogP contribution in [0.4, 0.5) is 13.2 Å². The summed E-state index contributed by atoms with van der Waals surface area (Å²) in [4.78, 5) is 13.0. The van der Waals surface area contributed by atoms with Crippen LogP contribution in [-0.2, 0) is 22.3 Å². The fourth-order valence-corrected chi connectivity index (χ4v) is 2.43. The third kappa shape index (κ3) is 4.01. The van der Waals surface area contributed by atoms with E-state index in [1.54, 1.807) is 4.90 Å². The van der Waals surface area contributed by atoms with Crippen LogP contribution in [0.15, 0.2) is 30.9 Å². The summed E-state index contributed by atoms with van der Waals surface area (Å²) in [6.07, 6.45) is -2.77. The minimum absolute atomic E-state index is 0.0243. The van der Waals surface area contributed by atoms with Gasteiger partial charge in [0, 0.05) is 18.1 Å². The molecule has 0 bridgehead atoms. The topological polar surface area (TPSA) is 29.5 Å². The molecule has 1 aliphatic heterocycles. The minimum Gasteiger partial charge on any atom is -0.372 e. The van der Waals surface area contributed by atoms with Crippen molar-refractivity contribution >= 4 is 17.5 Å². The lowest BCUT2D eigenvalue weighted by Gasteiger charge is -2.16. The van der Waals surface area contributed by atoms with E-state index in [0.717, 1.165) is 12.1 Å². The molecule has 1 aromatic rings. The van der Waals surface area contributed by atoms with E-state index in [0.29, 0.717) is 19.5 Å². The molecular weight excluding hydrogens is 319 g/mol. The second-order valence-corrected chi connectivity index (χ2v) is 5.42. The SMILES string of the molecule is C=CC(=O)N1CCC(OCc2cc(C(F)(F)F)ccc2Cl)C1. The minimum atomic E-state index is -4.42. The molecule has 1 heterocycles. The van der Waals surface area contributed by atoms with Crippen molar-refractivity contribution in [3.63, 3.8) is 0 Å². The molecule has 0 aromatic heterocycles. The van der Waals surface area contributed by atoms with Crippen LogP contribution in [0.1, 0.15) is 17.5 Å². The van der Waals surface area contributed by atoms with Crippen molar-refractivity contribution in [2.45, 2.75) is 25.3 Å². The van der Waals surface area contributed by atoms with E-state index in [-0.39, 0.29) is 29.2 Å². The number of carbonyl (C=O) groups excluding carboxylic acids is 1. The number of carbonyl (C=O) groups is 1. The monoisotopic (exact) mass is 333 g/mol. The fraction of sp³-hybridized carbons (Fsp3) is 0.400.